The van der Waals surface area contributed by atoms with Gasteiger partial charge in [0.05, 0.1) is 12.0 Å². The second-order valence-electron chi connectivity index (χ2n) is 4.58. The molecule has 0 aromatic rings. The molecular weight excluding hydrogens is 219 g/mol. The summed E-state index contributed by atoms with van der Waals surface area (Å²) in [5.74, 6) is 0. The van der Waals surface area contributed by atoms with Gasteiger partial charge in [-0.25, -0.2) is 0 Å². The summed E-state index contributed by atoms with van der Waals surface area (Å²) in [4.78, 5) is 0. The van der Waals surface area contributed by atoms with Crippen LogP contribution in [0.25, 0.3) is 0 Å². The van der Waals surface area contributed by atoms with Gasteiger partial charge in [-0.05, 0) is 33.2 Å². The minimum atomic E-state index is -4.11. The van der Waals surface area contributed by atoms with E-state index >= 15 is 0 Å². The lowest BCUT2D eigenvalue weighted by molar-refractivity contribution is -0.141. The molecule has 98 valence electrons. The second-order valence-corrected chi connectivity index (χ2v) is 4.58. The minimum Gasteiger partial charge on any atom is -0.379 e. The predicted octanol–water partition coefficient (Wildman–Crippen LogP) is 3.12. The van der Waals surface area contributed by atoms with Crippen molar-refractivity contribution in [1.29, 1.82) is 0 Å². The number of nitrogens with one attached hydrogen (secondary N) is 1. The van der Waals surface area contributed by atoms with Crippen LogP contribution in [0, 0.1) is 0 Å². The lowest BCUT2D eigenvalue weighted by atomic mass is 9.97. The van der Waals surface area contributed by atoms with Crippen molar-refractivity contribution in [3.63, 3.8) is 0 Å². The number of halogens is 3. The van der Waals surface area contributed by atoms with Gasteiger partial charge in [-0.3, -0.25) is 0 Å². The van der Waals surface area contributed by atoms with Crippen LogP contribution in [0.4, 0.5) is 13.2 Å². The van der Waals surface area contributed by atoms with Crippen LogP contribution in [0.5, 0.6) is 0 Å². The normalized spacial score (nSPS) is 15.2. The van der Waals surface area contributed by atoms with Crippen LogP contribution in [-0.2, 0) is 4.74 Å². The third-order valence-electron chi connectivity index (χ3n) is 2.62. The van der Waals surface area contributed by atoms with Gasteiger partial charge in [0.2, 0.25) is 0 Å². The first-order valence-electron chi connectivity index (χ1n) is 5.55. The van der Waals surface area contributed by atoms with Crippen LogP contribution in [0.1, 0.15) is 40.0 Å². The smallest absolute Gasteiger partial charge is 0.379 e. The van der Waals surface area contributed by atoms with Gasteiger partial charge in [-0.15, -0.1) is 0 Å². The van der Waals surface area contributed by atoms with Gasteiger partial charge in [0.1, 0.15) is 0 Å². The van der Waals surface area contributed by atoms with Crippen molar-refractivity contribution in [3.05, 3.63) is 0 Å². The molecule has 1 atom stereocenters. The largest absolute Gasteiger partial charge is 0.390 e. The zero-order valence-electron chi connectivity index (χ0n) is 10.4. The van der Waals surface area contributed by atoms with Crippen molar-refractivity contribution in [2.75, 3.05) is 13.7 Å². The molecule has 0 radical (unpaired) electrons. The molecule has 5 heteroatoms. The average molecular weight is 241 g/mol. The van der Waals surface area contributed by atoms with E-state index in [9.17, 15) is 13.2 Å². The zero-order valence-corrected chi connectivity index (χ0v) is 10.4. The van der Waals surface area contributed by atoms with E-state index in [1.807, 2.05) is 20.8 Å². The van der Waals surface area contributed by atoms with Gasteiger partial charge in [-0.2, -0.15) is 13.2 Å². The Morgan fingerprint density at radius 1 is 1.25 bits per heavy atom. The summed E-state index contributed by atoms with van der Waals surface area (Å²) in [7, 11) is 1.58. The highest BCUT2D eigenvalue weighted by atomic mass is 19.4. The first kappa shape index (κ1) is 15.7. The van der Waals surface area contributed by atoms with E-state index in [1.54, 1.807) is 7.11 Å². The van der Waals surface area contributed by atoms with E-state index < -0.39 is 18.6 Å². The fourth-order valence-corrected chi connectivity index (χ4v) is 1.47. The van der Waals surface area contributed by atoms with E-state index in [-0.39, 0.29) is 5.60 Å². The van der Waals surface area contributed by atoms with E-state index in [0.717, 1.165) is 0 Å². The van der Waals surface area contributed by atoms with Crippen LogP contribution in [0.2, 0.25) is 0 Å². The van der Waals surface area contributed by atoms with Gasteiger partial charge in [0.15, 0.2) is 0 Å². The Morgan fingerprint density at radius 2 is 1.81 bits per heavy atom. The summed E-state index contributed by atoms with van der Waals surface area (Å²) in [6, 6.07) is -0.514. The van der Waals surface area contributed by atoms with Crippen molar-refractivity contribution in [3.8, 4) is 0 Å². The molecule has 16 heavy (non-hydrogen) atoms. The lowest BCUT2D eigenvalue weighted by Crippen LogP contribution is -2.36. The molecule has 0 aromatic heterocycles. The molecule has 2 nitrogen and oxygen atoms in total. The number of hydrogen-bond acceptors (Lipinski definition) is 2. The van der Waals surface area contributed by atoms with Crippen LogP contribution in [0.3, 0.4) is 0 Å². The molecule has 0 aliphatic rings. The van der Waals surface area contributed by atoms with Crippen molar-refractivity contribution < 1.29 is 17.9 Å². The fourth-order valence-electron chi connectivity index (χ4n) is 1.47. The Balaban J connectivity index is 4.14. The Bertz CT molecular complexity index is 192. The first-order valence-corrected chi connectivity index (χ1v) is 5.55. The molecule has 0 fully saturated rings. The average Bonchev–Trinajstić information content (AvgIpc) is 2.13. The Kier molecular flexibility index (Phi) is 6.33. The van der Waals surface area contributed by atoms with Crippen molar-refractivity contribution in [1.82, 2.24) is 5.32 Å². The highest BCUT2D eigenvalue weighted by Crippen LogP contribution is 2.25. The summed E-state index contributed by atoms with van der Waals surface area (Å²) in [5.41, 5.74) is -0.362. The van der Waals surface area contributed by atoms with E-state index in [0.29, 0.717) is 19.4 Å². The maximum Gasteiger partial charge on any atom is 0.390 e. The Hall–Kier alpha value is -0.290. The minimum absolute atomic E-state index is 0.362. The molecule has 0 aromatic carbocycles. The highest BCUT2D eigenvalue weighted by Gasteiger charge is 2.32. The fraction of sp³-hybridized carbons (Fsp3) is 1.00. The molecule has 0 spiro atoms. The Morgan fingerprint density at radius 3 is 2.19 bits per heavy atom. The monoisotopic (exact) mass is 241 g/mol. The number of methoxy groups -OCH3 is 1. The molecule has 0 saturated carbocycles. The van der Waals surface area contributed by atoms with Crippen molar-refractivity contribution >= 4 is 0 Å². The molecule has 0 aliphatic heterocycles. The number of hydrogen-bond donors (Lipinski definition) is 1. The topological polar surface area (TPSA) is 21.3 Å². The SMILES string of the molecule is CCNC(CCC(C)(C)OC)CC(F)(F)F. The standard InChI is InChI=1S/C11H22F3NO/c1-5-15-9(8-11(12,13)14)6-7-10(2,3)16-4/h9,15H,5-8H2,1-4H3. The van der Waals surface area contributed by atoms with Gasteiger partial charge < -0.3 is 10.1 Å². The maximum atomic E-state index is 12.3. The third kappa shape index (κ3) is 7.93. The van der Waals surface area contributed by atoms with Crippen molar-refractivity contribution in [2.24, 2.45) is 0 Å². The third-order valence-corrected chi connectivity index (χ3v) is 2.62. The molecule has 1 unspecified atom stereocenters. The number of ether oxygens (including phenoxy) is 1. The van der Waals surface area contributed by atoms with Gasteiger partial charge in [0.25, 0.3) is 0 Å². The summed E-state index contributed by atoms with van der Waals surface area (Å²) in [5, 5.41) is 2.86. The number of rotatable bonds is 7. The van der Waals surface area contributed by atoms with Crippen LogP contribution in [-0.4, -0.2) is 31.5 Å². The molecule has 0 saturated heterocycles. The zero-order chi connectivity index (χ0) is 12.8. The van der Waals surface area contributed by atoms with E-state index in [1.165, 1.54) is 0 Å². The second kappa shape index (κ2) is 6.45. The molecule has 0 rings (SSSR count). The number of alkyl halides is 3. The quantitative estimate of drug-likeness (QED) is 0.739. The van der Waals surface area contributed by atoms with E-state index in [4.69, 9.17) is 4.74 Å². The van der Waals surface area contributed by atoms with Crippen LogP contribution < -0.4 is 5.32 Å². The first-order chi connectivity index (χ1) is 7.20. The van der Waals surface area contributed by atoms with Gasteiger partial charge in [0, 0.05) is 13.2 Å². The van der Waals surface area contributed by atoms with Gasteiger partial charge in [-0.1, -0.05) is 6.92 Å². The molecule has 0 aliphatic carbocycles. The van der Waals surface area contributed by atoms with Crippen LogP contribution >= 0.6 is 0 Å². The summed E-state index contributed by atoms with van der Waals surface area (Å²) < 4.78 is 42.0. The molecule has 0 heterocycles. The summed E-state index contributed by atoms with van der Waals surface area (Å²) >= 11 is 0. The highest BCUT2D eigenvalue weighted by molar-refractivity contribution is 4.76. The lowest BCUT2D eigenvalue weighted by Gasteiger charge is -2.26. The summed E-state index contributed by atoms with van der Waals surface area (Å²) in [6.45, 7) is 6.12. The molecular formula is C11H22F3NO. The van der Waals surface area contributed by atoms with E-state index in [2.05, 4.69) is 5.32 Å². The predicted molar refractivity (Wildman–Crippen MR) is 58.5 cm³/mol. The molecule has 1 N–H and O–H groups in total. The molecule has 0 amide bonds. The maximum absolute atomic E-state index is 12.3. The Labute approximate surface area is 95.5 Å². The van der Waals surface area contributed by atoms with Crippen molar-refractivity contribution in [2.45, 2.75) is 57.9 Å². The van der Waals surface area contributed by atoms with Gasteiger partial charge >= 0.3 is 6.18 Å². The van der Waals surface area contributed by atoms with Crippen LogP contribution in [0.15, 0.2) is 0 Å². The summed E-state index contributed by atoms with van der Waals surface area (Å²) in [6.07, 6.45) is -3.81. The molecule has 0 bridgehead atoms.